The number of Topliss-reactive ketones (excluding diaryl/α,β-unsaturated/α-hetero) is 1. The van der Waals surface area contributed by atoms with Crippen LogP contribution in [-0.4, -0.2) is 115 Å². The lowest BCUT2D eigenvalue weighted by atomic mass is 10.1. The zero-order chi connectivity index (χ0) is 28.2. The van der Waals surface area contributed by atoms with Crippen molar-refractivity contribution in [2.24, 2.45) is 0 Å². The standard InChI is InChI=1S/C24H30F3N7O4S/c1-16(35)33-9-11-34(12-10-33)23-30-29-22(39-23)14-19(36)17-3-4-20(38-24(25,26)27)18(13-17)28-21(37)15-32-7-5-31(2)6-8-32/h3-4,13H,5-12,14-15H2,1-2H3,(H,28,37). The third-order valence-electron chi connectivity index (χ3n) is 6.53. The highest BCUT2D eigenvalue weighted by Crippen LogP contribution is 2.32. The average molecular weight is 570 g/mol. The molecule has 11 nitrogen and oxygen atoms in total. The van der Waals surface area contributed by atoms with Crippen molar-refractivity contribution >= 4 is 39.8 Å². The average Bonchev–Trinajstić information content (AvgIpc) is 3.34. The number of ether oxygens (including phenoxy) is 1. The number of carbonyl (C=O) groups is 3. The molecule has 2 aromatic rings. The number of aromatic nitrogens is 2. The Bertz CT molecular complexity index is 1190. The SMILES string of the molecule is CC(=O)N1CCN(c2nnc(CC(=O)c3ccc(OC(F)(F)F)c(NC(=O)CN4CCN(C)CC4)c3)s2)CC1. The van der Waals surface area contributed by atoms with Gasteiger partial charge >= 0.3 is 6.36 Å². The molecule has 0 bridgehead atoms. The molecule has 1 aromatic heterocycles. The molecule has 1 N–H and O–H groups in total. The van der Waals surface area contributed by atoms with E-state index < -0.39 is 23.8 Å². The van der Waals surface area contributed by atoms with E-state index in [-0.39, 0.29) is 30.1 Å². The molecule has 2 aliphatic heterocycles. The van der Waals surface area contributed by atoms with Crippen molar-refractivity contribution in [1.82, 2.24) is 24.9 Å². The summed E-state index contributed by atoms with van der Waals surface area (Å²) in [5.74, 6) is -1.49. The van der Waals surface area contributed by atoms with Crippen molar-refractivity contribution in [3.8, 4) is 5.75 Å². The molecule has 212 valence electrons. The molecule has 0 unspecified atom stereocenters. The molecule has 0 spiro atoms. The van der Waals surface area contributed by atoms with Crippen molar-refractivity contribution in [3.63, 3.8) is 0 Å². The molecule has 0 radical (unpaired) electrons. The first kappa shape index (κ1) is 28.7. The molecule has 2 fully saturated rings. The van der Waals surface area contributed by atoms with E-state index in [9.17, 15) is 27.6 Å². The number of rotatable bonds is 8. The maximum absolute atomic E-state index is 13.0. The summed E-state index contributed by atoms with van der Waals surface area (Å²) in [6, 6.07) is 3.43. The Kier molecular flexibility index (Phi) is 9.02. The van der Waals surface area contributed by atoms with Crippen LogP contribution >= 0.6 is 11.3 Å². The van der Waals surface area contributed by atoms with Crippen molar-refractivity contribution in [3.05, 3.63) is 28.8 Å². The van der Waals surface area contributed by atoms with Gasteiger partial charge < -0.3 is 24.8 Å². The molecule has 0 saturated carbocycles. The van der Waals surface area contributed by atoms with Crippen LogP contribution in [0.4, 0.5) is 24.0 Å². The number of ketones is 1. The van der Waals surface area contributed by atoms with Crippen LogP contribution in [0.15, 0.2) is 18.2 Å². The van der Waals surface area contributed by atoms with Crippen molar-refractivity contribution in [2.75, 3.05) is 76.2 Å². The van der Waals surface area contributed by atoms with E-state index in [0.29, 0.717) is 49.4 Å². The van der Waals surface area contributed by atoms with Crippen LogP contribution in [0.25, 0.3) is 0 Å². The summed E-state index contributed by atoms with van der Waals surface area (Å²) >= 11 is 1.24. The highest BCUT2D eigenvalue weighted by atomic mass is 32.1. The lowest BCUT2D eigenvalue weighted by Crippen LogP contribution is -2.48. The van der Waals surface area contributed by atoms with Crippen LogP contribution in [0.1, 0.15) is 22.3 Å². The predicted octanol–water partition coefficient (Wildman–Crippen LogP) is 1.72. The van der Waals surface area contributed by atoms with Crippen molar-refractivity contribution in [2.45, 2.75) is 19.7 Å². The van der Waals surface area contributed by atoms with Crippen molar-refractivity contribution in [1.29, 1.82) is 0 Å². The summed E-state index contributed by atoms with van der Waals surface area (Å²) < 4.78 is 43.0. The lowest BCUT2D eigenvalue weighted by molar-refractivity contribution is -0.274. The van der Waals surface area contributed by atoms with Gasteiger partial charge in [0.25, 0.3) is 0 Å². The zero-order valence-electron chi connectivity index (χ0n) is 21.7. The van der Waals surface area contributed by atoms with Gasteiger partial charge in [-0.25, -0.2) is 0 Å². The van der Waals surface area contributed by atoms with E-state index in [1.807, 2.05) is 16.8 Å². The summed E-state index contributed by atoms with van der Waals surface area (Å²) in [5, 5.41) is 11.8. The van der Waals surface area contributed by atoms with Gasteiger partial charge in [0, 0.05) is 64.8 Å². The molecule has 0 atom stereocenters. The van der Waals surface area contributed by atoms with Gasteiger partial charge in [0.1, 0.15) is 5.01 Å². The van der Waals surface area contributed by atoms with Crippen molar-refractivity contribution < 1.29 is 32.3 Å². The topological polar surface area (TPSA) is 111 Å². The number of piperazine rings is 2. The summed E-state index contributed by atoms with van der Waals surface area (Å²) in [7, 11) is 1.97. The molecule has 3 heterocycles. The first-order valence-electron chi connectivity index (χ1n) is 12.4. The van der Waals surface area contributed by atoms with Crippen LogP contribution in [0, 0.1) is 0 Å². The molecular weight excluding hydrogens is 539 g/mol. The number of hydrogen-bond donors (Lipinski definition) is 1. The third-order valence-corrected chi connectivity index (χ3v) is 7.51. The third kappa shape index (κ3) is 8.10. The molecule has 39 heavy (non-hydrogen) atoms. The fraction of sp³-hybridized carbons (Fsp3) is 0.542. The van der Waals surface area contributed by atoms with E-state index in [1.54, 1.807) is 4.90 Å². The van der Waals surface area contributed by atoms with Crippen LogP contribution in [0.5, 0.6) is 5.75 Å². The number of nitrogens with zero attached hydrogens (tertiary/aromatic N) is 6. The first-order chi connectivity index (χ1) is 18.5. The van der Waals surface area contributed by atoms with Gasteiger partial charge in [-0.2, -0.15) is 0 Å². The molecule has 4 rings (SSSR count). The van der Waals surface area contributed by atoms with E-state index in [1.165, 1.54) is 30.4 Å². The minimum absolute atomic E-state index is 0.00566. The smallest absolute Gasteiger partial charge is 0.404 e. The Balaban J connectivity index is 1.42. The highest BCUT2D eigenvalue weighted by molar-refractivity contribution is 7.15. The molecule has 2 saturated heterocycles. The van der Waals surface area contributed by atoms with E-state index in [2.05, 4.69) is 25.2 Å². The summed E-state index contributed by atoms with van der Waals surface area (Å²) in [4.78, 5) is 44.9. The normalized spacial score (nSPS) is 17.3. The minimum Gasteiger partial charge on any atom is -0.404 e. The maximum atomic E-state index is 13.0. The summed E-state index contributed by atoms with van der Waals surface area (Å²) in [6.45, 7) is 6.73. The second-order valence-electron chi connectivity index (χ2n) is 9.46. The van der Waals surface area contributed by atoms with Crippen LogP contribution in [0.3, 0.4) is 0 Å². The number of nitrogens with one attached hydrogen (secondary N) is 1. The number of anilines is 2. The van der Waals surface area contributed by atoms with Gasteiger partial charge in [0.15, 0.2) is 11.5 Å². The molecular formula is C24H30F3N7O4S. The molecule has 15 heteroatoms. The van der Waals surface area contributed by atoms with Gasteiger partial charge in [0.2, 0.25) is 16.9 Å². The van der Waals surface area contributed by atoms with Gasteiger partial charge in [-0.3, -0.25) is 19.3 Å². The molecule has 1 aromatic carbocycles. The number of alkyl halides is 3. The molecule has 2 amide bonds. The van der Waals surface area contributed by atoms with Crippen LogP contribution < -0.4 is 15.0 Å². The summed E-state index contributed by atoms with van der Waals surface area (Å²) in [5.41, 5.74) is -0.134. The number of benzene rings is 1. The zero-order valence-corrected chi connectivity index (χ0v) is 22.5. The minimum atomic E-state index is -4.97. The Hall–Kier alpha value is -3.30. The Morgan fingerprint density at radius 3 is 2.36 bits per heavy atom. The van der Waals surface area contributed by atoms with E-state index in [4.69, 9.17) is 0 Å². The monoisotopic (exact) mass is 569 g/mol. The largest absolute Gasteiger partial charge is 0.573 e. The number of carbonyl (C=O) groups excluding carboxylic acids is 3. The second-order valence-corrected chi connectivity index (χ2v) is 10.5. The second kappa shape index (κ2) is 12.3. The lowest BCUT2D eigenvalue weighted by Gasteiger charge is -2.33. The maximum Gasteiger partial charge on any atom is 0.573 e. The fourth-order valence-electron chi connectivity index (χ4n) is 4.31. The summed E-state index contributed by atoms with van der Waals surface area (Å²) in [6.07, 6.45) is -5.08. The highest BCUT2D eigenvalue weighted by Gasteiger charge is 2.33. The molecule has 2 aliphatic rings. The Morgan fingerprint density at radius 1 is 1.03 bits per heavy atom. The number of hydrogen-bond acceptors (Lipinski definition) is 10. The van der Waals surface area contributed by atoms with Gasteiger partial charge in [-0.05, 0) is 25.2 Å². The van der Waals surface area contributed by atoms with Gasteiger partial charge in [0.05, 0.1) is 18.7 Å². The predicted molar refractivity (Wildman–Crippen MR) is 138 cm³/mol. The fourth-order valence-corrected chi connectivity index (χ4v) is 5.20. The van der Waals surface area contributed by atoms with Gasteiger partial charge in [-0.1, -0.05) is 11.3 Å². The Morgan fingerprint density at radius 2 is 1.72 bits per heavy atom. The number of halogens is 3. The quantitative estimate of drug-likeness (QED) is 0.475. The van der Waals surface area contributed by atoms with Crippen LogP contribution in [-0.2, 0) is 16.0 Å². The van der Waals surface area contributed by atoms with Gasteiger partial charge in [-0.15, -0.1) is 23.4 Å². The first-order valence-corrected chi connectivity index (χ1v) is 13.2. The number of likely N-dealkylation sites (N-methyl/N-ethyl adjacent to an activating group) is 1. The van der Waals surface area contributed by atoms with Crippen LogP contribution in [0.2, 0.25) is 0 Å². The number of amides is 2. The van der Waals surface area contributed by atoms with E-state index in [0.717, 1.165) is 19.2 Å². The Labute approximate surface area is 227 Å². The van der Waals surface area contributed by atoms with E-state index >= 15 is 0 Å². The molecule has 0 aliphatic carbocycles.